The summed E-state index contributed by atoms with van der Waals surface area (Å²) in [6.07, 6.45) is 7.49. The lowest BCUT2D eigenvalue weighted by atomic mass is 9.68. The van der Waals surface area contributed by atoms with Crippen LogP contribution in [0.2, 0.25) is 0 Å². The zero-order chi connectivity index (χ0) is 13.3. The molecule has 19 heavy (non-hydrogen) atoms. The van der Waals surface area contributed by atoms with Gasteiger partial charge in [-0.25, -0.2) is 0 Å². The Morgan fingerprint density at radius 2 is 2.05 bits per heavy atom. The number of hydrazine groups is 1. The standard InChI is InChI=1S/C16H24N2O/c1-16(9-3-2-4-10-16)15(18-17)13-7-5-6-12-8-11-19-14(12)13/h5-7,15,18H,2-4,8-11,17H2,1H3. The number of hydrogen-bond acceptors (Lipinski definition) is 3. The zero-order valence-corrected chi connectivity index (χ0v) is 11.7. The molecule has 3 N–H and O–H groups in total. The molecule has 1 aliphatic carbocycles. The van der Waals surface area contributed by atoms with Gasteiger partial charge in [0.1, 0.15) is 5.75 Å². The first-order valence-corrected chi connectivity index (χ1v) is 7.45. The molecule has 0 saturated heterocycles. The minimum atomic E-state index is 0.195. The Bertz CT molecular complexity index is 452. The van der Waals surface area contributed by atoms with Crippen LogP contribution in [0.25, 0.3) is 0 Å². The number of fused-ring (bicyclic) bond motifs is 1. The van der Waals surface area contributed by atoms with Gasteiger partial charge in [0.2, 0.25) is 0 Å². The minimum absolute atomic E-state index is 0.195. The van der Waals surface area contributed by atoms with E-state index in [9.17, 15) is 0 Å². The largest absolute Gasteiger partial charge is 0.493 e. The van der Waals surface area contributed by atoms with E-state index in [4.69, 9.17) is 10.6 Å². The first-order chi connectivity index (χ1) is 9.24. The second kappa shape index (κ2) is 5.14. The summed E-state index contributed by atoms with van der Waals surface area (Å²) in [4.78, 5) is 0. The van der Waals surface area contributed by atoms with E-state index in [-0.39, 0.29) is 11.5 Å². The molecule has 3 rings (SSSR count). The van der Waals surface area contributed by atoms with E-state index in [1.54, 1.807) is 0 Å². The van der Waals surface area contributed by atoms with Crippen LogP contribution in [0.3, 0.4) is 0 Å². The van der Waals surface area contributed by atoms with Crippen LogP contribution in [0.5, 0.6) is 5.75 Å². The molecule has 1 aromatic rings. The Morgan fingerprint density at radius 1 is 1.26 bits per heavy atom. The van der Waals surface area contributed by atoms with Gasteiger partial charge in [-0.15, -0.1) is 0 Å². The molecule has 1 saturated carbocycles. The van der Waals surface area contributed by atoms with Crippen molar-refractivity contribution in [3.63, 3.8) is 0 Å². The molecule has 3 nitrogen and oxygen atoms in total. The third-order valence-corrected chi connectivity index (χ3v) is 4.92. The lowest BCUT2D eigenvalue weighted by Crippen LogP contribution is -2.41. The summed E-state index contributed by atoms with van der Waals surface area (Å²) in [5.74, 6) is 6.99. The summed E-state index contributed by atoms with van der Waals surface area (Å²) < 4.78 is 5.85. The summed E-state index contributed by atoms with van der Waals surface area (Å²) >= 11 is 0. The smallest absolute Gasteiger partial charge is 0.127 e. The fourth-order valence-electron chi connectivity index (χ4n) is 3.78. The molecule has 0 bridgehead atoms. The Balaban J connectivity index is 1.96. The third-order valence-electron chi connectivity index (χ3n) is 4.92. The van der Waals surface area contributed by atoms with Crippen molar-refractivity contribution in [3.8, 4) is 5.75 Å². The number of para-hydroxylation sites is 1. The van der Waals surface area contributed by atoms with Gasteiger partial charge >= 0.3 is 0 Å². The molecule has 1 atom stereocenters. The van der Waals surface area contributed by atoms with Crippen molar-refractivity contribution in [2.75, 3.05) is 6.61 Å². The summed E-state index contributed by atoms with van der Waals surface area (Å²) in [5.41, 5.74) is 5.90. The molecule has 1 aliphatic heterocycles. The van der Waals surface area contributed by atoms with E-state index in [2.05, 4.69) is 30.5 Å². The second-order valence-corrected chi connectivity index (χ2v) is 6.25. The van der Waals surface area contributed by atoms with E-state index >= 15 is 0 Å². The minimum Gasteiger partial charge on any atom is -0.493 e. The first kappa shape index (κ1) is 12.9. The summed E-state index contributed by atoms with van der Waals surface area (Å²) in [5, 5.41) is 0. The fraction of sp³-hybridized carbons (Fsp3) is 0.625. The maximum atomic E-state index is 5.91. The highest BCUT2D eigenvalue weighted by molar-refractivity contribution is 5.46. The van der Waals surface area contributed by atoms with Crippen LogP contribution < -0.4 is 16.0 Å². The van der Waals surface area contributed by atoms with Gasteiger partial charge in [0.15, 0.2) is 0 Å². The van der Waals surface area contributed by atoms with Gasteiger partial charge in [0, 0.05) is 12.0 Å². The molecule has 1 aromatic carbocycles. The monoisotopic (exact) mass is 260 g/mol. The molecule has 2 aliphatic rings. The Kier molecular flexibility index (Phi) is 3.50. The van der Waals surface area contributed by atoms with Crippen molar-refractivity contribution >= 4 is 0 Å². The molecule has 1 unspecified atom stereocenters. The first-order valence-electron chi connectivity index (χ1n) is 7.45. The quantitative estimate of drug-likeness (QED) is 0.648. The Morgan fingerprint density at radius 3 is 2.79 bits per heavy atom. The average Bonchev–Trinajstić information content (AvgIpc) is 2.89. The second-order valence-electron chi connectivity index (χ2n) is 6.25. The molecule has 104 valence electrons. The average molecular weight is 260 g/mol. The molecule has 0 spiro atoms. The van der Waals surface area contributed by atoms with Crippen molar-refractivity contribution in [2.45, 2.75) is 51.5 Å². The van der Waals surface area contributed by atoms with E-state index < -0.39 is 0 Å². The third kappa shape index (κ3) is 2.26. The zero-order valence-electron chi connectivity index (χ0n) is 11.7. The van der Waals surface area contributed by atoms with Crippen LogP contribution in [-0.2, 0) is 6.42 Å². The van der Waals surface area contributed by atoms with Crippen LogP contribution in [0.1, 0.15) is 56.2 Å². The number of benzene rings is 1. The van der Waals surface area contributed by atoms with E-state index in [0.29, 0.717) is 0 Å². The predicted octanol–water partition coefficient (Wildman–Crippen LogP) is 3.10. The highest BCUT2D eigenvalue weighted by Gasteiger charge is 2.38. The Labute approximate surface area is 115 Å². The molecule has 1 heterocycles. The molecule has 3 heteroatoms. The van der Waals surface area contributed by atoms with Crippen LogP contribution in [0.4, 0.5) is 0 Å². The highest BCUT2D eigenvalue weighted by Crippen LogP contribution is 2.48. The van der Waals surface area contributed by atoms with Gasteiger partial charge in [-0.2, -0.15) is 0 Å². The van der Waals surface area contributed by atoms with Gasteiger partial charge in [-0.3, -0.25) is 11.3 Å². The maximum Gasteiger partial charge on any atom is 0.127 e. The van der Waals surface area contributed by atoms with Crippen LogP contribution in [0.15, 0.2) is 18.2 Å². The lowest BCUT2D eigenvalue weighted by molar-refractivity contribution is 0.142. The predicted molar refractivity (Wildman–Crippen MR) is 76.9 cm³/mol. The van der Waals surface area contributed by atoms with Crippen molar-refractivity contribution < 1.29 is 4.74 Å². The highest BCUT2D eigenvalue weighted by atomic mass is 16.5. The summed E-state index contributed by atoms with van der Waals surface area (Å²) in [7, 11) is 0. The molecular weight excluding hydrogens is 236 g/mol. The van der Waals surface area contributed by atoms with E-state index in [1.165, 1.54) is 43.2 Å². The Hall–Kier alpha value is -1.06. The normalized spacial score (nSPS) is 22.6. The van der Waals surface area contributed by atoms with Crippen molar-refractivity contribution in [3.05, 3.63) is 29.3 Å². The van der Waals surface area contributed by atoms with Crippen LogP contribution >= 0.6 is 0 Å². The van der Waals surface area contributed by atoms with Crippen molar-refractivity contribution in [2.24, 2.45) is 11.3 Å². The van der Waals surface area contributed by atoms with E-state index in [0.717, 1.165) is 18.8 Å². The van der Waals surface area contributed by atoms with Gasteiger partial charge in [0.05, 0.1) is 12.6 Å². The van der Waals surface area contributed by atoms with Gasteiger partial charge in [0.25, 0.3) is 0 Å². The molecular formula is C16H24N2O. The maximum absolute atomic E-state index is 5.91. The SMILES string of the molecule is CC1(C(NN)c2cccc3c2OCC3)CCCCC1. The summed E-state index contributed by atoms with van der Waals surface area (Å²) in [6.45, 7) is 3.17. The van der Waals surface area contributed by atoms with Crippen LogP contribution in [0, 0.1) is 5.41 Å². The van der Waals surface area contributed by atoms with Crippen molar-refractivity contribution in [1.29, 1.82) is 0 Å². The molecule has 1 fully saturated rings. The van der Waals surface area contributed by atoms with E-state index in [1.807, 2.05) is 0 Å². The number of rotatable bonds is 3. The molecule has 0 radical (unpaired) electrons. The number of nitrogens with two attached hydrogens (primary N) is 1. The fourth-order valence-corrected chi connectivity index (χ4v) is 3.78. The number of hydrogen-bond donors (Lipinski definition) is 2. The van der Waals surface area contributed by atoms with Crippen molar-refractivity contribution in [1.82, 2.24) is 5.43 Å². The van der Waals surface area contributed by atoms with Crippen LogP contribution in [-0.4, -0.2) is 6.61 Å². The van der Waals surface area contributed by atoms with Gasteiger partial charge in [-0.1, -0.05) is 44.4 Å². The number of ether oxygens (including phenoxy) is 1. The number of nitrogens with one attached hydrogen (secondary N) is 1. The molecule has 0 aromatic heterocycles. The van der Waals surface area contributed by atoms with Gasteiger partial charge in [-0.05, 0) is 23.8 Å². The van der Waals surface area contributed by atoms with Gasteiger partial charge < -0.3 is 4.74 Å². The summed E-state index contributed by atoms with van der Waals surface area (Å²) in [6, 6.07) is 6.68. The molecule has 0 amide bonds. The topological polar surface area (TPSA) is 47.3 Å². The lowest BCUT2D eigenvalue weighted by Gasteiger charge is -2.41.